The van der Waals surface area contributed by atoms with Crippen molar-refractivity contribution >= 4 is 38.8 Å². The van der Waals surface area contributed by atoms with Crippen LogP contribution in [0.1, 0.15) is 5.56 Å². The molecule has 8 heteroatoms. The Morgan fingerprint density at radius 3 is 2.22 bits per heavy atom. The fourth-order valence-electron chi connectivity index (χ4n) is 3.14. The standard InChI is InChI=1S/C24H21N3O3S2/c28-24(25-16-18-14-15-31-17-18)26-20-10-12-21(13-11-20)27-32(29,30)23-9-5-4-8-22(23)19-6-2-1-3-7-19/h1-15,17,27H,16H2,(H2,25,26,28). The molecule has 0 saturated carbocycles. The van der Waals surface area contributed by atoms with Crippen molar-refractivity contribution in [2.45, 2.75) is 11.4 Å². The second-order valence-corrected chi connectivity index (χ2v) is 9.42. The molecule has 0 radical (unpaired) electrons. The molecule has 0 aliphatic heterocycles. The summed E-state index contributed by atoms with van der Waals surface area (Å²) in [5.74, 6) is 0. The highest BCUT2D eigenvalue weighted by molar-refractivity contribution is 7.92. The molecule has 4 rings (SSSR count). The molecule has 3 N–H and O–H groups in total. The van der Waals surface area contributed by atoms with Crippen molar-refractivity contribution in [2.24, 2.45) is 0 Å². The second kappa shape index (κ2) is 9.67. The molecule has 4 aromatic rings. The minimum atomic E-state index is -3.81. The maximum Gasteiger partial charge on any atom is 0.319 e. The normalized spacial score (nSPS) is 11.0. The van der Waals surface area contributed by atoms with Crippen molar-refractivity contribution in [1.82, 2.24) is 5.32 Å². The van der Waals surface area contributed by atoms with Crippen LogP contribution in [0.2, 0.25) is 0 Å². The van der Waals surface area contributed by atoms with Gasteiger partial charge in [-0.3, -0.25) is 4.72 Å². The minimum absolute atomic E-state index is 0.196. The lowest BCUT2D eigenvalue weighted by Gasteiger charge is -2.13. The highest BCUT2D eigenvalue weighted by Crippen LogP contribution is 2.28. The SMILES string of the molecule is O=C(NCc1ccsc1)Nc1ccc(NS(=O)(=O)c2ccccc2-c2ccccc2)cc1. The van der Waals surface area contributed by atoms with E-state index in [1.165, 1.54) is 0 Å². The van der Waals surface area contributed by atoms with E-state index in [4.69, 9.17) is 0 Å². The first-order valence-corrected chi connectivity index (χ1v) is 12.3. The number of sulfonamides is 1. The summed E-state index contributed by atoms with van der Waals surface area (Å²) in [4.78, 5) is 12.2. The Hall–Kier alpha value is -3.62. The summed E-state index contributed by atoms with van der Waals surface area (Å²) < 4.78 is 28.7. The highest BCUT2D eigenvalue weighted by Gasteiger charge is 2.19. The molecule has 162 valence electrons. The lowest BCUT2D eigenvalue weighted by atomic mass is 10.1. The van der Waals surface area contributed by atoms with Crippen molar-refractivity contribution in [3.8, 4) is 11.1 Å². The molecule has 0 saturated heterocycles. The Balaban J connectivity index is 1.44. The molecule has 0 bridgehead atoms. The number of anilines is 2. The van der Waals surface area contributed by atoms with Crippen LogP contribution < -0.4 is 15.4 Å². The molecule has 0 fully saturated rings. The number of amides is 2. The highest BCUT2D eigenvalue weighted by atomic mass is 32.2. The monoisotopic (exact) mass is 463 g/mol. The molecule has 0 aliphatic rings. The van der Waals surface area contributed by atoms with Crippen LogP contribution in [0.15, 0.2) is 101 Å². The zero-order chi connectivity index (χ0) is 22.4. The summed E-state index contributed by atoms with van der Waals surface area (Å²) in [7, 11) is -3.81. The number of carbonyl (C=O) groups is 1. The number of benzene rings is 3. The van der Waals surface area contributed by atoms with Gasteiger partial charge in [-0.05, 0) is 58.3 Å². The zero-order valence-corrected chi connectivity index (χ0v) is 18.6. The third-order valence-electron chi connectivity index (χ3n) is 4.69. The van der Waals surface area contributed by atoms with Gasteiger partial charge in [0.05, 0.1) is 4.90 Å². The largest absolute Gasteiger partial charge is 0.334 e. The maximum atomic E-state index is 13.1. The van der Waals surface area contributed by atoms with Gasteiger partial charge in [0.2, 0.25) is 0 Å². The number of hydrogen-bond acceptors (Lipinski definition) is 4. The number of carbonyl (C=O) groups excluding carboxylic acids is 1. The molecule has 2 amide bonds. The molecule has 1 heterocycles. The first kappa shape index (κ1) is 21.6. The van der Waals surface area contributed by atoms with Crippen molar-refractivity contribution < 1.29 is 13.2 Å². The average molecular weight is 464 g/mol. The van der Waals surface area contributed by atoms with E-state index < -0.39 is 10.0 Å². The van der Waals surface area contributed by atoms with Gasteiger partial charge >= 0.3 is 6.03 Å². The van der Waals surface area contributed by atoms with E-state index in [1.807, 2.05) is 53.2 Å². The molecule has 1 aromatic heterocycles. The fraction of sp³-hybridized carbons (Fsp3) is 0.0417. The predicted molar refractivity (Wildman–Crippen MR) is 129 cm³/mol. The summed E-state index contributed by atoms with van der Waals surface area (Å²) in [5.41, 5.74) is 3.44. The van der Waals surface area contributed by atoms with Crippen LogP contribution >= 0.6 is 11.3 Å². The first-order chi connectivity index (χ1) is 15.5. The van der Waals surface area contributed by atoms with Crippen molar-refractivity contribution in [1.29, 1.82) is 0 Å². The van der Waals surface area contributed by atoms with Gasteiger partial charge in [0.15, 0.2) is 0 Å². The van der Waals surface area contributed by atoms with E-state index in [-0.39, 0.29) is 10.9 Å². The molecule has 0 aliphatic carbocycles. The molecular weight excluding hydrogens is 442 g/mol. The molecular formula is C24H21N3O3S2. The first-order valence-electron chi connectivity index (χ1n) is 9.84. The van der Waals surface area contributed by atoms with Gasteiger partial charge in [-0.15, -0.1) is 0 Å². The van der Waals surface area contributed by atoms with Gasteiger partial charge in [-0.25, -0.2) is 13.2 Å². The van der Waals surface area contributed by atoms with Gasteiger partial charge in [0, 0.05) is 23.5 Å². The van der Waals surface area contributed by atoms with Crippen molar-refractivity contribution in [3.05, 3.63) is 101 Å². The number of thiophene rings is 1. The van der Waals surface area contributed by atoms with E-state index in [1.54, 1.807) is 53.8 Å². The maximum absolute atomic E-state index is 13.1. The topological polar surface area (TPSA) is 87.3 Å². The zero-order valence-electron chi connectivity index (χ0n) is 17.0. The summed E-state index contributed by atoms with van der Waals surface area (Å²) in [6, 6.07) is 24.4. The summed E-state index contributed by atoms with van der Waals surface area (Å²) in [5, 5.41) is 9.43. The molecule has 0 atom stereocenters. The van der Waals surface area contributed by atoms with Crippen molar-refractivity contribution in [3.63, 3.8) is 0 Å². The van der Waals surface area contributed by atoms with Gasteiger partial charge in [-0.2, -0.15) is 11.3 Å². The van der Waals surface area contributed by atoms with Crippen molar-refractivity contribution in [2.75, 3.05) is 10.0 Å². The second-order valence-electron chi connectivity index (χ2n) is 6.98. The molecule has 3 aromatic carbocycles. The smallest absolute Gasteiger partial charge is 0.319 e. The summed E-state index contributed by atoms with van der Waals surface area (Å²) in [6.45, 7) is 0.439. The van der Waals surface area contributed by atoms with Crippen LogP contribution in [0.25, 0.3) is 11.1 Å². The van der Waals surface area contributed by atoms with E-state index in [9.17, 15) is 13.2 Å². The Kier molecular flexibility index (Phi) is 6.53. The number of hydrogen-bond donors (Lipinski definition) is 3. The quantitative estimate of drug-likeness (QED) is 0.336. The number of nitrogens with one attached hydrogen (secondary N) is 3. The van der Waals surface area contributed by atoms with Gasteiger partial charge in [-0.1, -0.05) is 48.5 Å². The average Bonchev–Trinajstić information content (AvgIpc) is 3.33. The fourth-order valence-corrected chi connectivity index (χ4v) is 5.10. The number of rotatable bonds is 7. The van der Waals surface area contributed by atoms with Crippen LogP contribution in [0.5, 0.6) is 0 Å². The predicted octanol–water partition coefficient (Wildman–Crippen LogP) is 5.54. The summed E-state index contributed by atoms with van der Waals surface area (Å²) in [6.07, 6.45) is 0. The van der Waals surface area contributed by atoms with Crippen LogP contribution in [-0.4, -0.2) is 14.4 Å². The van der Waals surface area contributed by atoms with E-state index in [2.05, 4.69) is 15.4 Å². The molecule has 32 heavy (non-hydrogen) atoms. The lowest BCUT2D eigenvalue weighted by Crippen LogP contribution is -2.27. The Morgan fingerprint density at radius 1 is 0.812 bits per heavy atom. The third-order valence-corrected chi connectivity index (χ3v) is 6.86. The van der Waals surface area contributed by atoms with Crippen LogP contribution in [0.4, 0.5) is 16.2 Å². The Labute approximate surface area is 191 Å². The molecule has 0 unspecified atom stereocenters. The Morgan fingerprint density at radius 2 is 1.50 bits per heavy atom. The molecule has 0 spiro atoms. The van der Waals surface area contributed by atoms with Crippen LogP contribution in [0, 0.1) is 0 Å². The van der Waals surface area contributed by atoms with E-state index in [0.29, 0.717) is 23.5 Å². The van der Waals surface area contributed by atoms with Crippen LogP contribution in [-0.2, 0) is 16.6 Å². The molecule has 6 nitrogen and oxygen atoms in total. The van der Waals surface area contributed by atoms with E-state index in [0.717, 1.165) is 11.1 Å². The third kappa shape index (κ3) is 5.35. The lowest BCUT2D eigenvalue weighted by molar-refractivity contribution is 0.252. The van der Waals surface area contributed by atoms with Gasteiger partial charge in [0.1, 0.15) is 0 Å². The minimum Gasteiger partial charge on any atom is -0.334 e. The van der Waals surface area contributed by atoms with Gasteiger partial charge in [0.25, 0.3) is 10.0 Å². The van der Waals surface area contributed by atoms with Crippen LogP contribution in [0.3, 0.4) is 0 Å². The Bertz CT molecular complexity index is 1290. The summed E-state index contributed by atoms with van der Waals surface area (Å²) >= 11 is 1.57. The van der Waals surface area contributed by atoms with E-state index >= 15 is 0 Å². The van der Waals surface area contributed by atoms with Gasteiger partial charge < -0.3 is 10.6 Å². The number of urea groups is 1.